The van der Waals surface area contributed by atoms with Crippen molar-refractivity contribution in [2.45, 2.75) is 24.4 Å². The van der Waals surface area contributed by atoms with Gasteiger partial charge < -0.3 is 29.9 Å². The van der Waals surface area contributed by atoms with E-state index < -0.39 is 37.6 Å². The Hall–Kier alpha value is -0.240. The molecule has 0 aliphatic carbocycles. The molecule has 86 valence electrons. The molecule has 0 amide bonds. The molecule has 4 N–H and O–H groups in total. The van der Waals surface area contributed by atoms with Crippen molar-refractivity contribution >= 4 is 0 Å². The van der Waals surface area contributed by atoms with Crippen LogP contribution < -0.4 is 0 Å². The van der Waals surface area contributed by atoms with Gasteiger partial charge in [0.15, 0.2) is 0 Å². The van der Waals surface area contributed by atoms with Crippen molar-refractivity contribution < 1.29 is 29.9 Å². The normalized spacial score (nSPS) is 20.1. The van der Waals surface area contributed by atoms with Crippen LogP contribution in [0.1, 0.15) is 0 Å². The monoisotopic (exact) mass is 210 g/mol. The molecule has 0 aromatic heterocycles. The summed E-state index contributed by atoms with van der Waals surface area (Å²) in [6.07, 6.45) is -4.09. The van der Waals surface area contributed by atoms with Crippen molar-refractivity contribution in [3.05, 3.63) is 0 Å². The Morgan fingerprint density at radius 1 is 0.857 bits per heavy atom. The summed E-state index contributed by atoms with van der Waals surface area (Å²) in [5.41, 5.74) is 0. The summed E-state index contributed by atoms with van der Waals surface area (Å²) in [6.45, 7) is -1.01. The van der Waals surface area contributed by atoms with Crippen LogP contribution in [-0.4, -0.2) is 72.3 Å². The lowest BCUT2D eigenvalue weighted by molar-refractivity contribution is -0.149. The Morgan fingerprint density at radius 2 is 1.14 bits per heavy atom. The summed E-state index contributed by atoms with van der Waals surface area (Å²) in [6, 6.07) is 0. The van der Waals surface area contributed by atoms with E-state index in [1.54, 1.807) is 0 Å². The lowest BCUT2D eigenvalue weighted by atomic mass is 10.0. The molecule has 0 aliphatic heterocycles. The van der Waals surface area contributed by atoms with Crippen molar-refractivity contribution in [3.63, 3.8) is 0 Å². The highest BCUT2D eigenvalue weighted by Crippen LogP contribution is 2.11. The fourth-order valence-electron chi connectivity index (χ4n) is 1.23. The molecule has 0 bridgehead atoms. The van der Waals surface area contributed by atoms with Gasteiger partial charge in [-0.1, -0.05) is 0 Å². The summed E-state index contributed by atoms with van der Waals surface area (Å²) in [4.78, 5) is 0. The fourth-order valence-corrected chi connectivity index (χ4v) is 1.23. The number of hydrogen-bond acceptors (Lipinski definition) is 6. The smallest absolute Gasteiger partial charge is 0.114 e. The van der Waals surface area contributed by atoms with Crippen molar-refractivity contribution in [3.8, 4) is 0 Å². The van der Waals surface area contributed by atoms with Crippen LogP contribution in [0.2, 0.25) is 0 Å². The minimum atomic E-state index is -1.16. The molecule has 14 heavy (non-hydrogen) atoms. The second-order valence-corrected chi connectivity index (χ2v) is 2.90. The number of aliphatic hydroxyl groups excluding tert-OH is 4. The van der Waals surface area contributed by atoms with Crippen LogP contribution >= 0.6 is 0 Å². The van der Waals surface area contributed by atoms with Gasteiger partial charge in [0, 0.05) is 14.2 Å². The van der Waals surface area contributed by atoms with E-state index >= 15 is 0 Å². The van der Waals surface area contributed by atoms with Crippen molar-refractivity contribution in [1.82, 2.24) is 0 Å². The number of aliphatic hydroxyl groups is 4. The topological polar surface area (TPSA) is 99.4 Å². The Kier molecular flexibility index (Phi) is 6.98. The molecular weight excluding hydrogens is 192 g/mol. The quantitative estimate of drug-likeness (QED) is 0.378. The van der Waals surface area contributed by atoms with Crippen molar-refractivity contribution in [2.75, 3.05) is 27.4 Å². The largest absolute Gasteiger partial charge is 0.394 e. The fraction of sp³-hybridized carbons (Fsp3) is 1.00. The molecule has 0 spiro atoms. The van der Waals surface area contributed by atoms with Crippen LogP contribution in [-0.2, 0) is 9.47 Å². The lowest BCUT2D eigenvalue weighted by Gasteiger charge is -2.30. The Labute approximate surface area is 82.7 Å². The van der Waals surface area contributed by atoms with E-state index in [2.05, 4.69) is 0 Å². The van der Waals surface area contributed by atoms with Crippen LogP contribution in [0.4, 0.5) is 0 Å². The SMILES string of the molecule is CO[C@@H]([C@H](OC)[C@H](O)CO)[C@H](O)CO. The van der Waals surface area contributed by atoms with Crippen LogP contribution in [0, 0.1) is 0 Å². The molecule has 0 saturated heterocycles. The third-order valence-corrected chi connectivity index (χ3v) is 2.00. The van der Waals surface area contributed by atoms with Crippen LogP contribution in [0.5, 0.6) is 0 Å². The van der Waals surface area contributed by atoms with Gasteiger partial charge in [-0.2, -0.15) is 0 Å². The van der Waals surface area contributed by atoms with E-state index in [1.807, 2.05) is 0 Å². The summed E-state index contributed by atoms with van der Waals surface area (Å²) < 4.78 is 9.75. The van der Waals surface area contributed by atoms with Gasteiger partial charge in [0.1, 0.15) is 24.4 Å². The third kappa shape index (κ3) is 3.49. The molecular formula is C8H18O6. The zero-order chi connectivity index (χ0) is 11.1. The minimum absolute atomic E-state index is 0.503. The molecule has 0 unspecified atom stereocenters. The first-order valence-electron chi connectivity index (χ1n) is 4.25. The highest BCUT2D eigenvalue weighted by atomic mass is 16.5. The van der Waals surface area contributed by atoms with Gasteiger partial charge in [0.25, 0.3) is 0 Å². The van der Waals surface area contributed by atoms with Gasteiger partial charge in [-0.05, 0) is 0 Å². The molecule has 0 rings (SSSR count). The number of methoxy groups -OCH3 is 2. The van der Waals surface area contributed by atoms with Crippen molar-refractivity contribution in [2.24, 2.45) is 0 Å². The first-order chi connectivity index (χ1) is 6.62. The highest BCUT2D eigenvalue weighted by Gasteiger charge is 2.33. The Bertz CT molecular complexity index is 126. The van der Waals surface area contributed by atoms with Gasteiger partial charge in [-0.3, -0.25) is 0 Å². The molecule has 0 fully saturated rings. The van der Waals surface area contributed by atoms with Gasteiger partial charge in [-0.15, -0.1) is 0 Å². The van der Waals surface area contributed by atoms with E-state index in [4.69, 9.17) is 19.7 Å². The van der Waals surface area contributed by atoms with E-state index in [0.717, 1.165) is 0 Å². The maximum Gasteiger partial charge on any atom is 0.114 e. The van der Waals surface area contributed by atoms with Crippen LogP contribution in [0.15, 0.2) is 0 Å². The number of ether oxygens (including phenoxy) is 2. The zero-order valence-corrected chi connectivity index (χ0v) is 8.33. The third-order valence-electron chi connectivity index (χ3n) is 2.00. The summed E-state index contributed by atoms with van der Waals surface area (Å²) in [5, 5.41) is 36.0. The van der Waals surface area contributed by atoms with Gasteiger partial charge in [-0.25, -0.2) is 0 Å². The zero-order valence-electron chi connectivity index (χ0n) is 8.33. The van der Waals surface area contributed by atoms with E-state index in [0.29, 0.717) is 0 Å². The Balaban J connectivity index is 4.43. The van der Waals surface area contributed by atoms with E-state index in [1.165, 1.54) is 14.2 Å². The molecule has 0 aromatic rings. The maximum absolute atomic E-state index is 9.32. The Morgan fingerprint density at radius 3 is 1.29 bits per heavy atom. The van der Waals surface area contributed by atoms with E-state index in [9.17, 15) is 10.2 Å². The average Bonchev–Trinajstić information content (AvgIpc) is 2.23. The predicted molar refractivity (Wildman–Crippen MR) is 47.8 cm³/mol. The number of hydrogen-bond donors (Lipinski definition) is 4. The molecule has 0 aromatic carbocycles. The molecule has 4 atom stereocenters. The molecule has 0 heterocycles. The summed E-state index contributed by atoms with van der Waals surface area (Å²) in [5.74, 6) is 0. The molecule has 0 saturated carbocycles. The maximum atomic E-state index is 9.32. The van der Waals surface area contributed by atoms with Gasteiger partial charge in [0.2, 0.25) is 0 Å². The first kappa shape index (κ1) is 13.8. The predicted octanol–water partition coefficient (Wildman–Crippen LogP) is -2.28. The second-order valence-electron chi connectivity index (χ2n) is 2.90. The standard InChI is InChI=1S/C8H18O6/c1-13-7(5(11)3-9)8(14-2)6(12)4-10/h5-12H,3-4H2,1-2H3/t5-,6-,7-,8-/m1/s1. The molecule has 0 radical (unpaired) electrons. The van der Waals surface area contributed by atoms with Crippen molar-refractivity contribution in [1.29, 1.82) is 0 Å². The average molecular weight is 210 g/mol. The molecule has 6 nitrogen and oxygen atoms in total. The second kappa shape index (κ2) is 7.10. The van der Waals surface area contributed by atoms with E-state index in [-0.39, 0.29) is 0 Å². The van der Waals surface area contributed by atoms with Crippen LogP contribution in [0.25, 0.3) is 0 Å². The minimum Gasteiger partial charge on any atom is -0.394 e. The van der Waals surface area contributed by atoms with Gasteiger partial charge >= 0.3 is 0 Å². The number of rotatable bonds is 7. The van der Waals surface area contributed by atoms with Crippen LogP contribution in [0.3, 0.4) is 0 Å². The lowest BCUT2D eigenvalue weighted by Crippen LogP contribution is -2.49. The summed E-state index contributed by atoms with van der Waals surface area (Å²) in [7, 11) is 2.64. The first-order valence-corrected chi connectivity index (χ1v) is 4.25. The molecule has 0 aliphatic rings. The summed E-state index contributed by atoms with van der Waals surface area (Å²) >= 11 is 0. The molecule has 6 heteroatoms. The highest BCUT2D eigenvalue weighted by molar-refractivity contribution is 4.82. The van der Waals surface area contributed by atoms with Gasteiger partial charge in [0.05, 0.1) is 13.2 Å².